The second-order valence-electron chi connectivity index (χ2n) is 11.1. The van der Waals surface area contributed by atoms with Gasteiger partial charge >= 0.3 is 5.97 Å². The average molecular weight is 570 g/mol. The summed E-state index contributed by atoms with van der Waals surface area (Å²) in [4.78, 5) is 12.3. The number of allylic oxidation sites excluding steroid dienone is 1. The van der Waals surface area contributed by atoms with Crippen LogP contribution in [0, 0.1) is 22.7 Å². The summed E-state index contributed by atoms with van der Waals surface area (Å²) in [6.07, 6.45) is 7.29. The van der Waals surface area contributed by atoms with Crippen LogP contribution >= 0.6 is 31.9 Å². The normalized spacial score (nSPS) is 38.5. The molecule has 1 aliphatic heterocycles. The number of carboxylic acids is 1. The summed E-state index contributed by atoms with van der Waals surface area (Å²) < 4.78 is 6.04. The predicted molar refractivity (Wildman–Crippen MR) is 134 cm³/mol. The lowest BCUT2D eigenvalue weighted by atomic mass is 9.53. The molecule has 2 aliphatic carbocycles. The van der Waals surface area contributed by atoms with Gasteiger partial charge in [0.25, 0.3) is 0 Å². The summed E-state index contributed by atoms with van der Waals surface area (Å²) in [6, 6.07) is 5.15. The maximum atomic E-state index is 11.6. The summed E-state index contributed by atoms with van der Waals surface area (Å²) in [5.74, 6) is 0.175. The van der Waals surface area contributed by atoms with Crippen LogP contribution in [-0.2, 0) is 6.42 Å². The van der Waals surface area contributed by atoms with Crippen molar-refractivity contribution in [1.29, 1.82) is 0 Å². The van der Waals surface area contributed by atoms with E-state index in [0.29, 0.717) is 15.2 Å². The number of aliphatic hydroxyl groups is 1. The first-order valence-corrected chi connectivity index (χ1v) is 13.4. The monoisotopic (exact) mass is 568 g/mol. The first-order valence-electron chi connectivity index (χ1n) is 11.6. The molecule has 0 radical (unpaired) electrons. The van der Waals surface area contributed by atoms with Crippen LogP contribution in [-0.4, -0.2) is 31.4 Å². The molecule has 6 heteroatoms. The van der Waals surface area contributed by atoms with Gasteiger partial charge < -0.3 is 14.9 Å². The minimum Gasteiger partial charge on any atom is -0.478 e. The molecule has 176 valence electrons. The molecule has 4 nitrogen and oxygen atoms in total. The molecule has 0 spiro atoms. The van der Waals surface area contributed by atoms with E-state index in [2.05, 4.69) is 52.6 Å². The third-order valence-electron chi connectivity index (χ3n) is 8.72. The summed E-state index contributed by atoms with van der Waals surface area (Å²) in [6.45, 7) is 8.91. The topological polar surface area (TPSA) is 66.8 Å². The molecule has 0 aromatic heterocycles. The molecule has 6 atom stereocenters. The van der Waals surface area contributed by atoms with Crippen LogP contribution in [0.15, 0.2) is 30.0 Å². The van der Waals surface area contributed by atoms with Gasteiger partial charge in [-0.3, -0.25) is 0 Å². The molecule has 0 bridgehead atoms. The van der Waals surface area contributed by atoms with Gasteiger partial charge in [0.2, 0.25) is 0 Å². The van der Waals surface area contributed by atoms with Gasteiger partial charge in [-0.15, -0.1) is 0 Å². The second-order valence-corrected chi connectivity index (χ2v) is 13.4. The highest BCUT2D eigenvalue weighted by Gasteiger charge is 2.55. The number of fused-ring (bicyclic) bond motifs is 2. The number of halogens is 2. The largest absolute Gasteiger partial charge is 0.478 e. The molecular formula is C26H34Br2O4. The highest BCUT2D eigenvalue weighted by Crippen LogP contribution is 2.59. The molecule has 2 saturated carbocycles. The molecule has 3 aliphatic rings. The Kier molecular flexibility index (Phi) is 6.39. The van der Waals surface area contributed by atoms with Crippen LogP contribution < -0.4 is 4.74 Å². The minimum atomic E-state index is -0.918. The van der Waals surface area contributed by atoms with Crippen molar-refractivity contribution >= 4 is 37.8 Å². The van der Waals surface area contributed by atoms with Crippen molar-refractivity contribution in [2.45, 2.75) is 81.5 Å². The van der Waals surface area contributed by atoms with E-state index in [1.807, 2.05) is 13.2 Å². The standard InChI is InChI=1S/C26H34Br2O4/c1-24(2)20(26(4,31)10-9-21(24)27)13-25(3)18-12-17-11-15(23(29)30)5-7-19(17)32-14-16(18)6-8-22(25)28/h5,7,11,14,18,20-22,31H,6,8-10,12-13H2,1-4H3,(H,29,30)/t18-,20+,21+,22+,25+,26+/m1/s1. The van der Waals surface area contributed by atoms with Crippen molar-refractivity contribution < 1.29 is 19.7 Å². The van der Waals surface area contributed by atoms with Crippen molar-refractivity contribution in [3.05, 3.63) is 41.2 Å². The smallest absolute Gasteiger partial charge is 0.335 e. The molecule has 0 amide bonds. The highest BCUT2D eigenvalue weighted by atomic mass is 79.9. The number of hydrogen-bond donors (Lipinski definition) is 2. The van der Waals surface area contributed by atoms with E-state index in [4.69, 9.17) is 4.74 Å². The van der Waals surface area contributed by atoms with Crippen molar-refractivity contribution in [3.8, 4) is 5.75 Å². The van der Waals surface area contributed by atoms with Crippen molar-refractivity contribution in [3.63, 3.8) is 0 Å². The maximum Gasteiger partial charge on any atom is 0.335 e. The van der Waals surface area contributed by atoms with E-state index in [1.54, 1.807) is 18.2 Å². The molecule has 1 heterocycles. The van der Waals surface area contributed by atoms with Gasteiger partial charge in [0.15, 0.2) is 0 Å². The van der Waals surface area contributed by atoms with E-state index in [0.717, 1.165) is 49.8 Å². The predicted octanol–water partition coefficient (Wildman–Crippen LogP) is 6.72. The first kappa shape index (κ1) is 24.3. The van der Waals surface area contributed by atoms with Gasteiger partial charge in [0, 0.05) is 9.65 Å². The zero-order valence-electron chi connectivity index (χ0n) is 19.3. The molecule has 32 heavy (non-hydrogen) atoms. The number of ether oxygens (including phenoxy) is 1. The third kappa shape index (κ3) is 4.09. The van der Waals surface area contributed by atoms with Crippen molar-refractivity contribution in [2.75, 3.05) is 0 Å². The quantitative estimate of drug-likeness (QED) is 0.396. The van der Waals surface area contributed by atoms with Gasteiger partial charge in [0.1, 0.15) is 5.75 Å². The van der Waals surface area contributed by atoms with E-state index >= 15 is 0 Å². The number of carbonyl (C=O) groups is 1. The van der Waals surface area contributed by atoms with Crippen molar-refractivity contribution in [2.24, 2.45) is 22.7 Å². The van der Waals surface area contributed by atoms with Gasteiger partial charge in [-0.2, -0.15) is 0 Å². The van der Waals surface area contributed by atoms with Gasteiger partial charge in [-0.1, -0.05) is 52.6 Å². The highest BCUT2D eigenvalue weighted by molar-refractivity contribution is 9.09. The third-order valence-corrected chi connectivity index (χ3v) is 11.9. The minimum absolute atomic E-state index is 0.0472. The van der Waals surface area contributed by atoms with Crippen LogP contribution in [0.5, 0.6) is 5.75 Å². The van der Waals surface area contributed by atoms with Gasteiger partial charge in [-0.05, 0) is 97.5 Å². The van der Waals surface area contributed by atoms with E-state index in [-0.39, 0.29) is 22.7 Å². The Hall–Kier alpha value is -0.850. The SMILES string of the molecule is CC1(C)[C@@H](Br)CC[C@](C)(O)[C@H]1C[C@@]1(C)[C@@H]2Cc3cc(C(=O)O)ccc3OC=C2CC[C@@H]1Br. The lowest BCUT2D eigenvalue weighted by Gasteiger charge is -2.56. The number of benzene rings is 1. The fourth-order valence-corrected chi connectivity index (χ4v) is 7.75. The van der Waals surface area contributed by atoms with Crippen molar-refractivity contribution in [1.82, 2.24) is 0 Å². The van der Waals surface area contributed by atoms with E-state index in [1.165, 1.54) is 5.57 Å². The van der Waals surface area contributed by atoms with E-state index in [9.17, 15) is 15.0 Å². The van der Waals surface area contributed by atoms with Crippen LogP contribution in [0.2, 0.25) is 0 Å². The zero-order valence-corrected chi connectivity index (χ0v) is 22.5. The lowest BCUT2D eigenvalue weighted by Crippen LogP contribution is -2.55. The number of carboxylic acid groups (broad SMARTS) is 1. The number of rotatable bonds is 3. The average Bonchev–Trinajstić information content (AvgIpc) is 2.91. The molecule has 1 aromatic rings. The molecule has 4 rings (SSSR count). The molecule has 2 fully saturated rings. The lowest BCUT2D eigenvalue weighted by molar-refractivity contribution is -0.107. The Morgan fingerprint density at radius 3 is 2.56 bits per heavy atom. The van der Waals surface area contributed by atoms with Crippen LogP contribution in [0.25, 0.3) is 0 Å². The second kappa shape index (κ2) is 8.42. The molecular weight excluding hydrogens is 536 g/mol. The summed E-state index contributed by atoms with van der Waals surface area (Å²) >= 11 is 7.95. The Bertz CT molecular complexity index is 938. The van der Waals surface area contributed by atoms with Crippen LogP contribution in [0.1, 0.15) is 75.7 Å². The van der Waals surface area contributed by atoms with Gasteiger partial charge in [-0.25, -0.2) is 4.79 Å². The number of aromatic carboxylic acids is 1. The summed E-state index contributed by atoms with van der Waals surface area (Å²) in [5, 5.41) is 21.0. The molecule has 0 unspecified atom stereocenters. The Labute approximate surface area is 208 Å². The van der Waals surface area contributed by atoms with Gasteiger partial charge in [0.05, 0.1) is 17.4 Å². The fraction of sp³-hybridized carbons (Fsp3) is 0.654. The van der Waals surface area contributed by atoms with Crippen LogP contribution in [0.3, 0.4) is 0 Å². The maximum absolute atomic E-state index is 11.6. The number of alkyl halides is 2. The Morgan fingerprint density at radius 1 is 1.16 bits per heavy atom. The molecule has 0 saturated heterocycles. The summed E-state index contributed by atoms with van der Waals surface area (Å²) in [7, 11) is 0. The Morgan fingerprint density at radius 2 is 1.88 bits per heavy atom. The fourth-order valence-electron chi connectivity index (χ4n) is 6.47. The zero-order chi connectivity index (χ0) is 23.5. The first-order chi connectivity index (χ1) is 14.9. The molecule has 2 N–H and O–H groups in total. The summed E-state index contributed by atoms with van der Waals surface area (Å²) in [5.41, 5.74) is 1.66. The Balaban J connectivity index is 1.74. The van der Waals surface area contributed by atoms with E-state index < -0.39 is 11.6 Å². The van der Waals surface area contributed by atoms with Crippen LogP contribution in [0.4, 0.5) is 0 Å². The number of hydrogen-bond acceptors (Lipinski definition) is 3. The molecule has 1 aromatic carbocycles.